The van der Waals surface area contributed by atoms with Gasteiger partial charge < -0.3 is 15.4 Å². The van der Waals surface area contributed by atoms with E-state index in [1.807, 2.05) is 0 Å². The molecular formula is C23H23F9N2O2. The van der Waals surface area contributed by atoms with Crippen LogP contribution in [0.1, 0.15) is 54.1 Å². The van der Waals surface area contributed by atoms with Crippen LogP contribution in [0, 0.1) is 0 Å². The molecule has 0 saturated heterocycles. The number of carbonyl (C=O) groups is 1. The van der Waals surface area contributed by atoms with Crippen LogP contribution in [-0.2, 0) is 34.6 Å². The molecule has 36 heavy (non-hydrogen) atoms. The van der Waals surface area contributed by atoms with Crippen LogP contribution in [0.25, 0.3) is 0 Å². The third-order valence-corrected chi connectivity index (χ3v) is 5.18. The second kappa shape index (κ2) is 11.4. The van der Waals surface area contributed by atoms with Crippen molar-refractivity contribution >= 4 is 12.2 Å². The summed E-state index contributed by atoms with van der Waals surface area (Å²) in [6.07, 6.45) is -14.3. The Labute approximate surface area is 200 Å². The van der Waals surface area contributed by atoms with Gasteiger partial charge in [-0.1, -0.05) is 0 Å². The average molecular weight is 530 g/mol. The number of hydrogen-bond acceptors (Lipinski definition) is 4. The van der Waals surface area contributed by atoms with Gasteiger partial charge in [0.05, 0.1) is 23.3 Å². The van der Waals surface area contributed by atoms with Gasteiger partial charge in [0, 0.05) is 24.3 Å². The lowest BCUT2D eigenvalue weighted by Crippen LogP contribution is -2.33. The lowest BCUT2D eigenvalue weighted by Gasteiger charge is -2.33. The maximum Gasteiger partial charge on any atom is 0.416 e. The number of fused-ring (bicyclic) bond motifs is 1. The van der Waals surface area contributed by atoms with Gasteiger partial charge >= 0.3 is 18.5 Å². The summed E-state index contributed by atoms with van der Waals surface area (Å²) < 4.78 is 122. The lowest BCUT2D eigenvalue weighted by atomic mass is 9.91. The Hall–Kier alpha value is -2.96. The smallest absolute Gasteiger partial charge is 0.416 e. The van der Waals surface area contributed by atoms with E-state index in [4.69, 9.17) is 0 Å². The fourth-order valence-electron chi connectivity index (χ4n) is 3.59. The molecule has 13 heteroatoms. The molecule has 0 aromatic heterocycles. The molecule has 4 nitrogen and oxygen atoms in total. The van der Waals surface area contributed by atoms with E-state index >= 15 is 0 Å². The minimum absolute atomic E-state index is 0.0288. The van der Waals surface area contributed by atoms with E-state index in [1.165, 1.54) is 6.07 Å². The molecule has 0 saturated carbocycles. The Kier molecular flexibility index (Phi) is 9.27. The highest BCUT2D eigenvalue weighted by molar-refractivity contribution is 5.57. The van der Waals surface area contributed by atoms with Crippen molar-refractivity contribution in [2.45, 2.75) is 57.4 Å². The first-order valence-corrected chi connectivity index (χ1v) is 10.6. The number of hydrogen-bond donors (Lipinski definition) is 2. The van der Waals surface area contributed by atoms with Crippen LogP contribution in [0.3, 0.4) is 0 Å². The van der Waals surface area contributed by atoms with Crippen LogP contribution in [0.4, 0.5) is 45.2 Å². The van der Waals surface area contributed by atoms with E-state index in [9.17, 15) is 44.3 Å². The van der Waals surface area contributed by atoms with Gasteiger partial charge in [0.25, 0.3) is 6.47 Å². The summed E-state index contributed by atoms with van der Waals surface area (Å²) in [5, 5.41) is 5.84. The van der Waals surface area contributed by atoms with Crippen molar-refractivity contribution in [2.75, 3.05) is 11.9 Å². The van der Waals surface area contributed by atoms with Crippen LogP contribution in [0.15, 0.2) is 36.4 Å². The Morgan fingerprint density at radius 1 is 0.917 bits per heavy atom. The summed E-state index contributed by atoms with van der Waals surface area (Å²) in [5.41, 5.74) is -3.40. The van der Waals surface area contributed by atoms with Gasteiger partial charge in [-0.15, -0.1) is 0 Å². The fraction of sp³-hybridized carbons (Fsp3) is 0.435. The molecule has 0 spiro atoms. The molecule has 1 aliphatic heterocycles. The molecular weight excluding hydrogens is 507 g/mol. The maximum atomic E-state index is 13.1. The summed E-state index contributed by atoms with van der Waals surface area (Å²) in [6, 6.07) is 3.45. The first-order chi connectivity index (χ1) is 16.6. The molecule has 2 atom stereocenters. The van der Waals surface area contributed by atoms with Crippen LogP contribution < -0.4 is 10.6 Å². The lowest BCUT2D eigenvalue weighted by molar-refractivity contribution is -0.143. The van der Waals surface area contributed by atoms with E-state index in [0.717, 1.165) is 12.1 Å². The third kappa shape index (κ3) is 8.04. The maximum absolute atomic E-state index is 13.1. The van der Waals surface area contributed by atoms with E-state index < -0.39 is 41.3 Å². The van der Waals surface area contributed by atoms with Crippen molar-refractivity contribution < 1.29 is 49.0 Å². The average Bonchev–Trinajstić information content (AvgIpc) is 2.76. The van der Waals surface area contributed by atoms with Crippen molar-refractivity contribution in [3.8, 4) is 0 Å². The predicted octanol–water partition coefficient (Wildman–Crippen LogP) is 6.96. The van der Waals surface area contributed by atoms with Gasteiger partial charge in [-0.3, -0.25) is 4.79 Å². The zero-order chi connectivity index (χ0) is 27.3. The molecule has 0 bridgehead atoms. The summed E-state index contributed by atoms with van der Waals surface area (Å²) in [7, 11) is 0. The van der Waals surface area contributed by atoms with Crippen molar-refractivity contribution in [3.05, 3.63) is 64.2 Å². The molecule has 0 amide bonds. The van der Waals surface area contributed by atoms with Gasteiger partial charge in [0.15, 0.2) is 0 Å². The quantitative estimate of drug-likeness (QED) is 0.324. The van der Waals surface area contributed by atoms with Gasteiger partial charge in [0.2, 0.25) is 0 Å². The second-order valence-corrected chi connectivity index (χ2v) is 7.98. The van der Waals surface area contributed by atoms with Crippen LogP contribution >= 0.6 is 0 Å². The monoisotopic (exact) mass is 530 g/mol. The minimum atomic E-state index is -4.98. The van der Waals surface area contributed by atoms with Crippen molar-refractivity contribution in [2.24, 2.45) is 0 Å². The molecule has 2 N–H and O–H groups in total. The first kappa shape index (κ1) is 29.3. The van der Waals surface area contributed by atoms with Crippen LogP contribution in [0.5, 0.6) is 0 Å². The molecule has 0 radical (unpaired) electrons. The molecule has 0 fully saturated rings. The highest BCUT2D eigenvalue weighted by atomic mass is 19.4. The van der Waals surface area contributed by atoms with E-state index in [2.05, 4.69) is 15.4 Å². The summed E-state index contributed by atoms with van der Waals surface area (Å²) in [4.78, 5) is 9.18. The van der Waals surface area contributed by atoms with Gasteiger partial charge in [-0.05, 0) is 67.8 Å². The van der Waals surface area contributed by atoms with E-state index in [-0.39, 0.29) is 29.8 Å². The summed E-state index contributed by atoms with van der Waals surface area (Å²) in [5.74, 6) is 0. The Balaban J connectivity index is 0.000000830. The number of anilines is 1. The van der Waals surface area contributed by atoms with Crippen molar-refractivity contribution in [1.82, 2.24) is 5.32 Å². The second-order valence-electron chi connectivity index (χ2n) is 7.98. The molecule has 1 heterocycles. The number of rotatable bonds is 5. The van der Waals surface area contributed by atoms with Crippen LogP contribution in [0.2, 0.25) is 0 Å². The highest BCUT2D eigenvalue weighted by Crippen LogP contribution is 2.39. The molecule has 0 aliphatic carbocycles. The SMILES string of the molecule is CC1CC(NCc2cc(C(F)(F)F)cc(C(F)(F)F)c2)c2cc(C(F)(F)F)ccc2N1.CCOC=O. The summed E-state index contributed by atoms with van der Waals surface area (Å²) in [6.45, 7) is 4.04. The molecule has 2 unspecified atom stereocenters. The molecule has 1 aliphatic rings. The highest BCUT2D eigenvalue weighted by Gasteiger charge is 2.37. The minimum Gasteiger partial charge on any atom is -0.468 e. The molecule has 200 valence electrons. The zero-order valence-electron chi connectivity index (χ0n) is 19.0. The fourth-order valence-corrected chi connectivity index (χ4v) is 3.59. The zero-order valence-corrected chi connectivity index (χ0v) is 19.0. The molecule has 2 aromatic rings. The Morgan fingerprint density at radius 3 is 1.92 bits per heavy atom. The van der Waals surface area contributed by atoms with Crippen molar-refractivity contribution in [1.29, 1.82) is 0 Å². The number of benzene rings is 2. The number of alkyl halides is 9. The molecule has 3 rings (SSSR count). The first-order valence-electron chi connectivity index (χ1n) is 10.6. The van der Waals surface area contributed by atoms with Gasteiger partial charge in [0.1, 0.15) is 0 Å². The van der Waals surface area contributed by atoms with Crippen LogP contribution in [-0.4, -0.2) is 19.1 Å². The van der Waals surface area contributed by atoms with E-state index in [1.54, 1.807) is 13.8 Å². The number of carbonyl (C=O) groups excluding carboxylic acids is 1. The number of nitrogens with one attached hydrogen (secondary N) is 2. The van der Waals surface area contributed by atoms with Crippen molar-refractivity contribution in [3.63, 3.8) is 0 Å². The Morgan fingerprint density at radius 2 is 1.47 bits per heavy atom. The third-order valence-electron chi connectivity index (χ3n) is 5.18. The largest absolute Gasteiger partial charge is 0.468 e. The van der Waals surface area contributed by atoms with E-state index in [0.29, 0.717) is 37.3 Å². The number of ether oxygens (including phenoxy) is 1. The number of halogens is 9. The van der Waals surface area contributed by atoms with Gasteiger partial charge in [-0.25, -0.2) is 0 Å². The standard InChI is InChI=1S/C20H17F9N2.C3H6O2/c1-10-4-17(15-8-12(18(21,22)23)2-3-16(15)31-10)30-9-11-5-13(19(24,25)26)7-14(6-11)20(27,28)29;1-2-5-3-4/h2-3,5-8,10,17,30-31H,4,9H2,1H3;3H,2H2,1H3. The topological polar surface area (TPSA) is 50.4 Å². The predicted molar refractivity (Wildman–Crippen MR) is 113 cm³/mol. The van der Waals surface area contributed by atoms with Gasteiger partial charge in [-0.2, -0.15) is 39.5 Å². The summed E-state index contributed by atoms with van der Waals surface area (Å²) >= 11 is 0. The molecule has 2 aromatic carbocycles. The normalized spacial score (nSPS) is 17.9. The Bertz CT molecular complexity index is 1000.